The second-order valence-corrected chi connectivity index (χ2v) is 8.11. The van der Waals surface area contributed by atoms with Crippen LogP contribution in [0.3, 0.4) is 0 Å². The molecule has 3 rings (SSSR count). The summed E-state index contributed by atoms with van der Waals surface area (Å²) < 4.78 is 5.27. The van der Waals surface area contributed by atoms with E-state index in [1.54, 1.807) is 0 Å². The quantitative estimate of drug-likeness (QED) is 0.328. The van der Waals surface area contributed by atoms with Gasteiger partial charge in [0.2, 0.25) is 11.8 Å². The Morgan fingerprint density at radius 1 is 1.31 bits per heavy atom. The molecule has 1 aromatic rings. The molecule has 0 aromatic carbocycles. The Bertz CT molecular complexity index is 672. The molecule has 1 saturated heterocycles. The second-order valence-electron chi connectivity index (χ2n) is 8.11. The molecule has 2 aliphatic rings. The van der Waals surface area contributed by atoms with Crippen LogP contribution in [0, 0.1) is 5.92 Å². The summed E-state index contributed by atoms with van der Waals surface area (Å²) >= 11 is 0. The smallest absolute Gasteiger partial charge is 0.228 e. The van der Waals surface area contributed by atoms with E-state index in [9.17, 15) is 4.79 Å². The number of likely N-dealkylation sites (tertiary alicyclic amines) is 1. The number of nitrogens with zero attached hydrogens (tertiary/aromatic N) is 4. The van der Waals surface area contributed by atoms with Crippen molar-refractivity contribution in [3.63, 3.8) is 0 Å². The molecular weight excluding hydrogens is 483 g/mol. The summed E-state index contributed by atoms with van der Waals surface area (Å²) in [4.78, 5) is 23.7. The van der Waals surface area contributed by atoms with Gasteiger partial charge in [-0.05, 0) is 26.2 Å². The van der Waals surface area contributed by atoms with E-state index < -0.39 is 0 Å². The van der Waals surface area contributed by atoms with Crippen LogP contribution in [0.15, 0.2) is 9.52 Å². The molecule has 8 nitrogen and oxygen atoms in total. The molecule has 1 atom stereocenters. The molecule has 1 unspecified atom stereocenters. The van der Waals surface area contributed by atoms with Crippen molar-refractivity contribution in [1.82, 2.24) is 25.7 Å². The lowest BCUT2D eigenvalue weighted by molar-refractivity contribution is -0.134. The SMILES string of the molecule is CCNC(=NCCc1nc(C(C)C)no1)NC1CCN(C(=O)C2CCCC2)C1.I. The Hall–Kier alpha value is -1.39. The van der Waals surface area contributed by atoms with Crippen LogP contribution in [-0.2, 0) is 11.2 Å². The molecule has 1 amide bonds. The Morgan fingerprint density at radius 2 is 2.07 bits per heavy atom. The summed E-state index contributed by atoms with van der Waals surface area (Å²) in [5.41, 5.74) is 0. The van der Waals surface area contributed by atoms with Crippen molar-refractivity contribution < 1.29 is 9.32 Å². The maximum atomic E-state index is 12.6. The van der Waals surface area contributed by atoms with Crippen LogP contribution in [-0.4, -0.2) is 59.1 Å². The lowest BCUT2D eigenvalue weighted by Gasteiger charge is -2.21. The fourth-order valence-corrected chi connectivity index (χ4v) is 3.89. The zero-order valence-electron chi connectivity index (χ0n) is 17.8. The Labute approximate surface area is 190 Å². The van der Waals surface area contributed by atoms with Crippen molar-refractivity contribution in [2.45, 2.75) is 71.3 Å². The summed E-state index contributed by atoms with van der Waals surface area (Å²) in [6.07, 6.45) is 6.10. The number of rotatable bonds is 7. The van der Waals surface area contributed by atoms with Crippen LogP contribution in [0.2, 0.25) is 0 Å². The zero-order valence-corrected chi connectivity index (χ0v) is 20.1. The normalized spacial score (nSPS) is 20.2. The van der Waals surface area contributed by atoms with Crippen molar-refractivity contribution in [3.05, 3.63) is 11.7 Å². The highest BCUT2D eigenvalue weighted by molar-refractivity contribution is 14.0. The molecule has 1 aliphatic carbocycles. The third-order valence-electron chi connectivity index (χ3n) is 5.49. The number of amides is 1. The monoisotopic (exact) mass is 518 g/mol. The first-order valence-electron chi connectivity index (χ1n) is 10.7. The fraction of sp³-hybridized carbons (Fsp3) is 0.800. The Balaban J connectivity index is 0.00000300. The minimum atomic E-state index is 0. The van der Waals surface area contributed by atoms with Gasteiger partial charge in [-0.15, -0.1) is 24.0 Å². The third kappa shape index (κ3) is 6.82. The van der Waals surface area contributed by atoms with E-state index in [1.165, 1.54) is 12.8 Å². The number of nitrogens with one attached hydrogen (secondary N) is 2. The minimum Gasteiger partial charge on any atom is -0.357 e. The van der Waals surface area contributed by atoms with Gasteiger partial charge in [0.15, 0.2) is 11.8 Å². The van der Waals surface area contributed by atoms with Gasteiger partial charge in [0.05, 0.1) is 6.54 Å². The molecule has 1 saturated carbocycles. The van der Waals surface area contributed by atoms with E-state index in [-0.39, 0.29) is 41.9 Å². The van der Waals surface area contributed by atoms with Gasteiger partial charge in [0, 0.05) is 43.9 Å². The lowest BCUT2D eigenvalue weighted by Crippen LogP contribution is -2.45. The van der Waals surface area contributed by atoms with Gasteiger partial charge < -0.3 is 20.1 Å². The predicted octanol–water partition coefficient (Wildman–Crippen LogP) is 2.70. The summed E-state index contributed by atoms with van der Waals surface area (Å²) in [6.45, 7) is 9.11. The first-order valence-corrected chi connectivity index (χ1v) is 10.7. The lowest BCUT2D eigenvalue weighted by atomic mass is 10.1. The first kappa shape index (κ1) is 23.9. The first-order chi connectivity index (χ1) is 13.6. The van der Waals surface area contributed by atoms with Gasteiger partial charge >= 0.3 is 0 Å². The minimum absolute atomic E-state index is 0. The molecule has 0 bridgehead atoms. The van der Waals surface area contributed by atoms with Crippen molar-refractivity contribution in [2.75, 3.05) is 26.2 Å². The average Bonchev–Trinajstić information content (AvgIpc) is 3.43. The van der Waals surface area contributed by atoms with Crippen molar-refractivity contribution in [2.24, 2.45) is 10.9 Å². The number of carbonyl (C=O) groups is 1. The highest BCUT2D eigenvalue weighted by atomic mass is 127. The predicted molar refractivity (Wildman–Crippen MR) is 124 cm³/mol. The molecule has 0 radical (unpaired) electrons. The van der Waals surface area contributed by atoms with E-state index in [0.29, 0.717) is 24.8 Å². The topological polar surface area (TPSA) is 95.7 Å². The number of hydrogen-bond acceptors (Lipinski definition) is 5. The van der Waals surface area contributed by atoms with Crippen LogP contribution in [0.1, 0.15) is 70.5 Å². The van der Waals surface area contributed by atoms with E-state index in [4.69, 9.17) is 4.52 Å². The van der Waals surface area contributed by atoms with Crippen LogP contribution in [0.4, 0.5) is 0 Å². The molecule has 164 valence electrons. The molecular formula is C20H35IN6O2. The molecule has 2 heterocycles. The number of aromatic nitrogens is 2. The molecule has 0 spiro atoms. The van der Waals surface area contributed by atoms with E-state index in [1.807, 2.05) is 18.7 Å². The van der Waals surface area contributed by atoms with Crippen molar-refractivity contribution in [1.29, 1.82) is 0 Å². The van der Waals surface area contributed by atoms with E-state index in [0.717, 1.165) is 50.7 Å². The Morgan fingerprint density at radius 3 is 2.72 bits per heavy atom. The summed E-state index contributed by atoms with van der Waals surface area (Å²) in [7, 11) is 0. The maximum Gasteiger partial charge on any atom is 0.228 e. The molecule has 9 heteroatoms. The number of guanidine groups is 1. The molecule has 2 N–H and O–H groups in total. The summed E-state index contributed by atoms with van der Waals surface area (Å²) in [5.74, 6) is 3.01. The van der Waals surface area contributed by atoms with Crippen LogP contribution >= 0.6 is 24.0 Å². The maximum absolute atomic E-state index is 12.6. The largest absolute Gasteiger partial charge is 0.357 e. The van der Waals surface area contributed by atoms with Gasteiger partial charge in [0.1, 0.15) is 0 Å². The highest BCUT2D eigenvalue weighted by Gasteiger charge is 2.32. The summed E-state index contributed by atoms with van der Waals surface area (Å²) in [5, 5.41) is 10.8. The van der Waals surface area contributed by atoms with Crippen LogP contribution in [0.5, 0.6) is 0 Å². The van der Waals surface area contributed by atoms with Crippen molar-refractivity contribution in [3.8, 4) is 0 Å². The number of carbonyl (C=O) groups excluding carboxylic acids is 1. The number of aliphatic imine (C=N–C) groups is 1. The van der Waals surface area contributed by atoms with E-state index in [2.05, 4.69) is 32.7 Å². The van der Waals surface area contributed by atoms with Crippen LogP contribution < -0.4 is 10.6 Å². The van der Waals surface area contributed by atoms with Gasteiger partial charge in [-0.3, -0.25) is 9.79 Å². The fourth-order valence-electron chi connectivity index (χ4n) is 3.89. The molecule has 29 heavy (non-hydrogen) atoms. The number of hydrogen-bond donors (Lipinski definition) is 2. The number of halogens is 1. The zero-order chi connectivity index (χ0) is 19.9. The molecule has 1 aromatic heterocycles. The molecule has 1 aliphatic heterocycles. The second kappa shape index (κ2) is 11.7. The van der Waals surface area contributed by atoms with Gasteiger partial charge in [0.25, 0.3) is 0 Å². The van der Waals surface area contributed by atoms with E-state index >= 15 is 0 Å². The van der Waals surface area contributed by atoms with Crippen molar-refractivity contribution >= 4 is 35.8 Å². The van der Waals surface area contributed by atoms with Gasteiger partial charge in [-0.2, -0.15) is 4.98 Å². The highest BCUT2D eigenvalue weighted by Crippen LogP contribution is 2.27. The summed E-state index contributed by atoms with van der Waals surface area (Å²) in [6, 6.07) is 0.249. The third-order valence-corrected chi connectivity index (χ3v) is 5.49. The van der Waals surface area contributed by atoms with Gasteiger partial charge in [-0.25, -0.2) is 0 Å². The van der Waals surface area contributed by atoms with Gasteiger partial charge in [-0.1, -0.05) is 31.8 Å². The average molecular weight is 518 g/mol. The van der Waals surface area contributed by atoms with Crippen LogP contribution in [0.25, 0.3) is 0 Å². The molecule has 2 fully saturated rings. The standard InChI is InChI=1S/C20H34N6O2.HI/c1-4-21-20(22-11-9-17-24-18(14(2)3)25-28-17)23-16-10-12-26(13-16)19(27)15-7-5-6-8-15;/h14-16H,4-13H2,1-3H3,(H2,21,22,23);1H. The Kier molecular flexibility index (Phi) is 9.64.